The molecule has 0 fully saturated rings. The van der Waals surface area contributed by atoms with Gasteiger partial charge in [-0.1, -0.05) is 0 Å². The summed E-state index contributed by atoms with van der Waals surface area (Å²) in [5.74, 6) is -0.990. The Balaban J connectivity index is 2.93. The quantitative estimate of drug-likeness (QED) is 0.742. The largest absolute Gasteiger partial charge is 0.480 e. The number of aliphatic carboxylic acids is 1. The predicted octanol–water partition coefficient (Wildman–Crippen LogP) is 1.65. The second-order valence-electron chi connectivity index (χ2n) is 5.36. The number of sulfonamides is 1. The summed E-state index contributed by atoms with van der Waals surface area (Å²) in [5, 5.41) is 11.8. The lowest BCUT2D eigenvalue weighted by atomic mass is 10.1. The van der Waals surface area contributed by atoms with E-state index in [4.69, 9.17) is 5.11 Å². The first-order valence-electron chi connectivity index (χ1n) is 6.18. The van der Waals surface area contributed by atoms with Crippen LogP contribution in [0.4, 0.5) is 5.69 Å². The molecule has 0 spiro atoms. The Hall–Kier alpha value is -1.60. The lowest BCUT2D eigenvalue weighted by Crippen LogP contribution is -2.39. The van der Waals surface area contributed by atoms with Crippen molar-refractivity contribution in [3.63, 3.8) is 0 Å². The van der Waals surface area contributed by atoms with Gasteiger partial charge in [-0.2, -0.15) is 0 Å². The molecule has 20 heavy (non-hydrogen) atoms. The Morgan fingerprint density at radius 2 is 1.70 bits per heavy atom. The maximum atomic E-state index is 11.9. The summed E-state index contributed by atoms with van der Waals surface area (Å²) < 4.78 is 26.3. The SMILES string of the molecule is CC(C)NS(=O)(=O)c1ccc(NC(C)(C)C(=O)O)cc1. The number of hydrogen-bond acceptors (Lipinski definition) is 4. The van der Waals surface area contributed by atoms with Crippen molar-refractivity contribution in [1.29, 1.82) is 0 Å². The van der Waals surface area contributed by atoms with Gasteiger partial charge in [-0.05, 0) is 52.0 Å². The first-order valence-corrected chi connectivity index (χ1v) is 7.67. The molecule has 0 radical (unpaired) electrons. The third-order valence-electron chi connectivity index (χ3n) is 2.55. The van der Waals surface area contributed by atoms with E-state index < -0.39 is 21.5 Å². The number of carbonyl (C=O) groups is 1. The molecule has 0 unspecified atom stereocenters. The molecule has 112 valence electrons. The lowest BCUT2D eigenvalue weighted by molar-refractivity contribution is -0.141. The summed E-state index contributed by atoms with van der Waals surface area (Å²) in [4.78, 5) is 11.1. The van der Waals surface area contributed by atoms with E-state index in [2.05, 4.69) is 10.0 Å². The van der Waals surface area contributed by atoms with Crippen LogP contribution in [-0.2, 0) is 14.8 Å². The summed E-state index contributed by atoms with van der Waals surface area (Å²) in [7, 11) is -3.53. The van der Waals surface area contributed by atoms with Crippen LogP contribution in [0.2, 0.25) is 0 Å². The number of nitrogens with one attached hydrogen (secondary N) is 2. The van der Waals surface area contributed by atoms with Crippen LogP contribution in [0.15, 0.2) is 29.2 Å². The van der Waals surface area contributed by atoms with Crippen molar-refractivity contribution in [2.45, 2.75) is 44.2 Å². The third-order valence-corrected chi connectivity index (χ3v) is 4.22. The molecule has 1 rings (SSSR count). The summed E-state index contributed by atoms with van der Waals surface area (Å²) in [6.07, 6.45) is 0. The first kappa shape index (κ1) is 16.5. The van der Waals surface area contributed by atoms with E-state index in [1.165, 1.54) is 26.0 Å². The van der Waals surface area contributed by atoms with Gasteiger partial charge in [0, 0.05) is 11.7 Å². The second kappa shape index (κ2) is 5.80. The number of rotatable bonds is 6. The number of carboxylic acid groups (broad SMARTS) is 1. The zero-order valence-electron chi connectivity index (χ0n) is 12.0. The van der Waals surface area contributed by atoms with Gasteiger partial charge in [0.15, 0.2) is 0 Å². The average molecular weight is 300 g/mol. The molecule has 0 saturated carbocycles. The molecule has 1 aromatic carbocycles. The zero-order valence-corrected chi connectivity index (χ0v) is 12.8. The highest BCUT2D eigenvalue weighted by molar-refractivity contribution is 7.89. The Morgan fingerprint density at radius 3 is 2.10 bits per heavy atom. The number of hydrogen-bond donors (Lipinski definition) is 3. The smallest absolute Gasteiger partial charge is 0.328 e. The monoisotopic (exact) mass is 300 g/mol. The number of carboxylic acids is 1. The summed E-state index contributed by atoms with van der Waals surface area (Å²) >= 11 is 0. The molecule has 7 heteroatoms. The summed E-state index contributed by atoms with van der Waals surface area (Å²) in [6.45, 7) is 6.53. The Morgan fingerprint density at radius 1 is 1.20 bits per heavy atom. The van der Waals surface area contributed by atoms with E-state index in [9.17, 15) is 13.2 Å². The van der Waals surface area contributed by atoms with E-state index in [-0.39, 0.29) is 10.9 Å². The van der Waals surface area contributed by atoms with Gasteiger partial charge in [0.2, 0.25) is 10.0 Å². The van der Waals surface area contributed by atoms with Crippen molar-refractivity contribution in [1.82, 2.24) is 4.72 Å². The molecule has 1 aromatic rings. The minimum absolute atomic E-state index is 0.143. The van der Waals surface area contributed by atoms with E-state index in [0.29, 0.717) is 5.69 Å². The third kappa shape index (κ3) is 4.21. The second-order valence-corrected chi connectivity index (χ2v) is 7.07. The fourth-order valence-corrected chi connectivity index (χ4v) is 2.76. The molecule has 0 saturated heterocycles. The van der Waals surface area contributed by atoms with Gasteiger partial charge in [-0.3, -0.25) is 0 Å². The van der Waals surface area contributed by atoms with Crippen molar-refractivity contribution in [2.24, 2.45) is 0 Å². The van der Waals surface area contributed by atoms with Gasteiger partial charge in [0.1, 0.15) is 5.54 Å². The fraction of sp³-hybridized carbons (Fsp3) is 0.462. The Labute approximate surface area is 119 Å². The molecular weight excluding hydrogens is 280 g/mol. The maximum absolute atomic E-state index is 11.9. The molecule has 0 aromatic heterocycles. The van der Waals surface area contributed by atoms with Crippen LogP contribution in [0, 0.1) is 0 Å². The molecule has 0 aliphatic heterocycles. The van der Waals surface area contributed by atoms with Crippen LogP contribution < -0.4 is 10.0 Å². The normalized spacial score (nSPS) is 12.4. The molecule has 0 heterocycles. The van der Waals surface area contributed by atoms with Gasteiger partial charge in [0.25, 0.3) is 0 Å². The fourth-order valence-electron chi connectivity index (χ4n) is 1.51. The average Bonchev–Trinajstić information content (AvgIpc) is 2.27. The van der Waals surface area contributed by atoms with Crippen molar-refractivity contribution >= 4 is 21.7 Å². The van der Waals surface area contributed by atoms with Gasteiger partial charge in [-0.25, -0.2) is 17.9 Å². The zero-order chi connectivity index (χ0) is 15.6. The molecule has 0 aliphatic carbocycles. The van der Waals surface area contributed by atoms with Gasteiger partial charge < -0.3 is 10.4 Å². The molecule has 0 amide bonds. The molecule has 3 N–H and O–H groups in total. The Bertz CT molecular complexity index is 577. The number of benzene rings is 1. The van der Waals surface area contributed by atoms with Crippen LogP contribution >= 0.6 is 0 Å². The predicted molar refractivity (Wildman–Crippen MR) is 77.2 cm³/mol. The Kier molecular flexibility index (Phi) is 4.77. The van der Waals surface area contributed by atoms with Crippen LogP contribution in [-0.4, -0.2) is 31.1 Å². The minimum atomic E-state index is -3.53. The van der Waals surface area contributed by atoms with Gasteiger partial charge in [0.05, 0.1) is 4.90 Å². The van der Waals surface area contributed by atoms with E-state index in [0.717, 1.165) is 0 Å². The van der Waals surface area contributed by atoms with Gasteiger partial charge >= 0.3 is 5.97 Å². The molecule has 6 nitrogen and oxygen atoms in total. The van der Waals surface area contributed by atoms with Crippen molar-refractivity contribution in [2.75, 3.05) is 5.32 Å². The minimum Gasteiger partial charge on any atom is -0.480 e. The van der Waals surface area contributed by atoms with Crippen LogP contribution in [0.1, 0.15) is 27.7 Å². The van der Waals surface area contributed by atoms with Crippen LogP contribution in [0.5, 0.6) is 0 Å². The number of anilines is 1. The highest BCUT2D eigenvalue weighted by atomic mass is 32.2. The molecule has 0 bridgehead atoms. The van der Waals surface area contributed by atoms with Crippen LogP contribution in [0.3, 0.4) is 0 Å². The highest BCUT2D eigenvalue weighted by Crippen LogP contribution is 2.18. The highest BCUT2D eigenvalue weighted by Gasteiger charge is 2.26. The van der Waals surface area contributed by atoms with Gasteiger partial charge in [-0.15, -0.1) is 0 Å². The summed E-state index contributed by atoms with van der Waals surface area (Å²) in [6, 6.07) is 5.76. The van der Waals surface area contributed by atoms with Crippen LogP contribution in [0.25, 0.3) is 0 Å². The van der Waals surface area contributed by atoms with Crippen molar-refractivity contribution in [3.05, 3.63) is 24.3 Å². The summed E-state index contributed by atoms with van der Waals surface area (Å²) in [5.41, 5.74) is -0.586. The van der Waals surface area contributed by atoms with E-state index >= 15 is 0 Å². The lowest BCUT2D eigenvalue weighted by Gasteiger charge is -2.22. The van der Waals surface area contributed by atoms with Crippen molar-refractivity contribution < 1.29 is 18.3 Å². The maximum Gasteiger partial charge on any atom is 0.328 e. The van der Waals surface area contributed by atoms with E-state index in [1.54, 1.807) is 26.0 Å². The first-order chi connectivity index (χ1) is 9.04. The molecule has 0 aliphatic rings. The molecular formula is C13H20N2O4S. The van der Waals surface area contributed by atoms with Crippen molar-refractivity contribution in [3.8, 4) is 0 Å². The standard InChI is InChI=1S/C13H20N2O4S/c1-9(2)15-20(18,19)11-7-5-10(6-8-11)14-13(3,4)12(16)17/h5-9,14-15H,1-4H3,(H,16,17). The molecule has 0 atom stereocenters. The van der Waals surface area contributed by atoms with E-state index in [1.807, 2.05) is 0 Å². The topological polar surface area (TPSA) is 95.5 Å².